The van der Waals surface area contributed by atoms with Crippen molar-refractivity contribution in [3.8, 4) is 11.3 Å². The molecule has 0 unspecified atom stereocenters. The van der Waals surface area contributed by atoms with E-state index >= 15 is 0 Å². The maximum Gasteiger partial charge on any atom is 0.341 e. The lowest BCUT2D eigenvalue weighted by Gasteiger charge is -2.02. The topological polar surface area (TPSA) is 65.7 Å². The fraction of sp³-hybridized carbons (Fsp3) is 0.250. The molecule has 0 aliphatic heterocycles. The molecule has 5 heteroatoms. The van der Waals surface area contributed by atoms with Gasteiger partial charge in [-0.1, -0.05) is 12.1 Å². The molecule has 0 aliphatic carbocycles. The number of aryl methyl sites for hydroxylation is 1. The monoisotopic (exact) mass is 288 g/mol. The van der Waals surface area contributed by atoms with Gasteiger partial charge in [0.1, 0.15) is 17.1 Å². The Kier molecular flexibility index (Phi) is 4.12. The Hall–Kier alpha value is -2.56. The normalized spacial score (nSPS) is 10.3. The standard InChI is InChI=1S/C16H16O5/c1-9-13(16(18)20-4)10(2)21-14(9)11-5-7-12(8-6-11)15(17)19-3/h5-8H,1-4H3. The molecule has 0 N–H and O–H groups in total. The maximum atomic E-state index is 11.7. The minimum Gasteiger partial charge on any atom is -0.465 e. The molecule has 0 atom stereocenters. The highest BCUT2D eigenvalue weighted by molar-refractivity contribution is 5.94. The van der Waals surface area contributed by atoms with Gasteiger partial charge in [0.2, 0.25) is 0 Å². The van der Waals surface area contributed by atoms with Crippen molar-refractivity contribution < 1.29 is 23.5 Å². The number of carbonyl (C=O) groups is 2. The number of ether oxygens (including phenoxy) is 2. The SMILES string of the molecule is COC(=O)c1ccc(-c2oc(C)c(C(=O)OC)c2C)cc1. The maximum absolute atomic E-state index is 11.7. The number of furan rings is 1. The summed E-state index contributed by atoms with van der Waals surface area (Å²) in [5.74, 6) is 0.269. The van der Waals surface area contributed by atoms with Crippen LogP contribution in [-0.2, 0) is 9.47 Å². The highest BCUT2D eigenvalue weighted by Crippen LogP contribution is 2.31. The predicted octanol–water partition coefficient (Wildman–Crippen LogP) is 3.14. The second-order valence-corrected chi connectivity index (χ2v) is 4.55. The van der Waals surface area contributed by atoms with Gasteiger partial charge < -0.3 is 13.9 Å². The smallest absolute Gasteiger partial charge is 0.341 e. The van der Waals surface area contributed by atoms with E-state index in [-0.39, 0.29) is 0 Å². The lowest BCUT2D eigenvalue weighted by Crippen LogP contribution is -2.03. The molecule has 0 saturated carbocycles. The van der Waals surface area contributed by atoms with E-state index in [2.05, 4.69) is 4.74 Å². The van der Waals surface area contributed by atoms with Crippen molar-refractivity contribution in [3.63, 3.8) is 0 Å². The average molecular weight is 288 g/mol. The summed E-state index contributed by atoms with van der Waals surface area (Å²) >= 11 is 0. The molecule has 0 aliphatic rings. The second-order valence-electron chi connectivity index (χ2n) is 4.55. The number of rotatable bonds is 3. The lowest BCUT2D eigenvalue weighted by molar-refractivity contribution is 0.0590. The number of methoxy groups -OCH3 is 2. The summed E-state index contributed by atoms with van der Waals surface area (Å²) in [6.45, 7) is 3.51. The van der Waals surface area contributed by atoms with E-state index in [1.54, 1.807) is 38.1 Å². The van der Waals surface area contributed by atoms with Gasteiger partial charge >= 0.3 is 11.9 Å². The molecule has 0 spiro atoms. The molecule has 2 rings (SSSR count). The van der Waals surface area contributed by atoms with Crippen molar-refractivity contribution in [2.75, 3.05) is 14.2 Å². The zero-order valence-corrected chi connectivity index (χ0v) is 12.4. The third-order valence-corrected chi connectivity index (χ3v) is 3.28. The molecule has 0 saturated heterocycles. The average Bonchev–Trinajstić information content (AvgIpc) is 2.80. The summed E-state index contributed by atoms with van der Waals surface area (Å²) < 4.78 is 15.1. The molecule has 5 nitrogen and oxygen atoms in total. The predicted molar refractivity (Wildman–Crippen MR) is 76.3 cm³/mol. The van der Waals surface area contributed by atoms with E-state index in [9.17, 15) is 9.59 Å². The molecule has 0 radical (unpaired) electrons. The van der Waals surface area contributed by atoms with Gasteiger partial charge in [-0.15, -0.1) is 0 Å². The van der Waals surface area contributed by atoms with Gasteiger partial charge in [-0.2, -0.15) is 0 Å². The lowest BCUT2D eigenvalue weighted by atomic mass is 10.0. The summed E-state index contributed by atoms with van der Waals surface area (Å²) in [5, 5.41) is 0. The van der Waals surface area contributed by atoms with E-state index in [4.69, 9.17) is 9.15 Å². The Balaban J connectivity index is 2.43. The first-order chi connectivity index (χ1) is 9.99. The van der Waals surface area contributed by atoms with Crippen LogP contribution in [0.3, 0.4) is 0 Å². The van der Waals surface area contributed by atoms with Crippen LogP contribution in [0.2, 0.25) is 0 Å². The van der Waals surface area contributed by atoms with Crippen molar-refractivity contribution in [2.24, 2.45) is 0 Å². The van der Waals surface area contributed by atoms with Crippen molar-refractivity contribution in [3.05, 3.63) is 46.7 Å². The van der Waals surface area contributed by atoms with Crippen LogP contribution in [-0.4, -0.2) is 26.2 Å². The minimum absolute atomic E-state index is 0.399. The van der Waals surface area contributed by atoms with Crippen LogP contribution in [0.1, 0.15) is 32.0 Å². The Morgan fingerprint density at radius 1 is 0.952 bits per heavy atom. The van der Waals surface area contributed by atoms with Crippen LogP contribution in [0.25, 0.3) is 11.3 Å². The summed E-state index contributed by atoms with van der Waals surface area (Å²) in [6, 6.07) is 6.80. The third kappa shape index (κ3) is 2.67. The molecular formula is C16H16O5. The quantitative estimate of drug-likeness (QED) is 0.812. The number of carbonyl (C=O) groups excluding carboxylic acids is 2. The van der Waals surface area contributed by atoms with Gasteiger partial charge in [0, 0.05) is 11.1 Å². The molecule has 0 fully saturated rings. The van der Waals surface area contributed by atoms with Gasteiger partial charge in [-0.05, 0) is 26.0 Å². The molecular weight excluding hydrogens is 272 g/mol. The van der Waals surface area contributed by atoms with Crippen LogP contribution < -0.4 is 0 Å². The van der Waals surface area contributed by atoms with E-state index in [0.29, 0.717) is 28.2 Å². The Morgan fingerprint density at radius 3 is 2.05 bits per heavy atom. The summed E-state index contributed by atoms with van der Waals surface area (Å²) in [4.78, 5) is 23.1. The van der Waals surface area contributed by atoms with Gasteiger partial charge in [0.25, 0.3) is 0 Å². The van der Waals surface area contributed by atoms with E-state index in [1.807, 2.05) is 0 Å². The number of hydrogen-bond acceptors (Lipinski definition) is 5. The van der Waals surface area contributed by atoms with Crippen LogP contribution >= 0.6 is 0 Å². The number of esters is 2. The Labute approximate surface area is 122 Å². The van der Waals surface area contributed by atoms with E-state index < -0.39 is 11.9 Å². The first-order valence-electron chi connectivity index (χ1n) is 6.36. The summed E-state index contributed by atoms with van der Waals surface area (Å²) in [5.41, 5.74) is 2.38. The molecule has 21 heavy (non-hydrogen) atoms. The first-order valence-corrected chi connectivity index (χ1v) is 6.36. The fourth-order valence-corrected chi connectivity index (χ4v) is 2.21. The van der Waals surface area contributed by atoms with Crippen LogP contribution in [0.15, 0.2) is 28.7 Å². The molecule has 1 heterocycles. The summed E-state index contributed by atoms with van der Waals surface area (Å²) in [7, 11) is 2.66. The highest BCUT2D eigenvalue weighted by Gasteiger charge is 2.22. The molecule has 2 aromatic rings. The second kappa shape index (κ2) is 5.83. The molecule has 1 aromatic heterocycles. The van der Waals surface area contributed by atoms with Gasteiger partial charge in [0.15, 0.2) is 0 Å². The van der Waals surface area contributed by atoms with Crippen LogP contribution in [0, 0.1) is 13.8 Å². The first kappa shape index (κ1) is 14.8. The van der Waals surface area contributed by atoms with Crippen molar-refractivity contribution in [1.29, 1.82) is 0 Å². The zero-order valence-electron chi connectivity index (χ0n) is 12.4. The van der Waals surface area contributed by atoms with Gasteiger partial charge in [-0.3, -0.25) is 0 Å². The van der Waals surface area contributed by atoms with E-state index in [0.717, 1.165) is 5.56 Å². The van der Waals surface area contributed by atoms with Crippen molar-refractivity contribution >= 4 is 11.9 Å². The highest BCUT2D eigenvalue weighted by atomic mass is 16.5. The molecule has 1 aromatic carbocycles. The Morgan fingerprint density at radius 2 is 1.52 bits per heavy atom. The number of hydrogen-bond donors (Lipinski definition) is 0. The summed E-state index contributed by atoms with van der Waals surface area (Å²) in [6.07, 6.45) is 0. The zero-order chi connectivity index (χ0) is 15.6. The van der Waals surface area contributed by atoms with Crippen LogP contribution in [0.5, 0.6) is 0 Å². The van der Waals surface area contributed by atoms with E-state index in [1.165, 1.54) is 14.2 Å². The molecule has 0 amide bonds. The van der Waals surface area contributed by atoms with Gasteiger partial charge in [0.05, 0.1) is 19.8 Å². The Bertz CT molecular complexity index is 679. The van der Waals surface area contributed by atoms with Gasteiger partial charge in [-0.25, -0.2) is 9.59 Å². The largest absolute Gasteiger partial charge is 0.465 e. The molecule has 0 bridgehead atoms. The minimum atomic E-state index is -0.425. The fourth-order valence-electron chi connectivity index (χ4n) is 2.21. The number of benzene rings is 1. The van der Waals surface area contributed by atoms with Crippen LogP contribution in [0.4, 0.5) is 0 Å². The van der Waals surface area contributed by atoms with Crippen molar-refractivity contribution in [1.82, 2.24) is 0 Å². The third-order valence-electron chi connectivity index (χ3n) is 3.28. The molecule has 110 valence electrons. The van der Waals surface area contributed by atoms with Crippen molar-refractivity contribution in [2.45, 2.75) is 13.8 Å².